The minimum atomic E-state index is -1.29. The zero-order valence-corrected chi connectivity index (χ0v) is 12.2. The van der Waals surface area contributed by atoms with E-state index in [1.54, 1.807) is 20.8 Å². The predicted molar refractivity (Wildman–Crippen MR) is 69.5 cm³/mol. The molecule has 0 aromatic carbocycles. The van der Waals surface area contributed by atoms with Crippen LogP contribution >= 0.6 is 0 Å². The molecule has 2 N–H and O–H groups in total. The van der Waals surface area contributed by atoms with Crippen LogP contribution in [0.1, 0.15) is 54.4 Å². The maximum absolute atomic E-state index is 11.6. The third-order valence-electron chi connectivity index (χ3n) is 2.47. The minimum Gasteiger partial charge on any atom is -0.480 e. The Bertz CT molecular complexity index is 307. The lowest BCUT2D eigenvalue weighted by Crippen LogP contribution is -2.53. The van der Waals surface area contributed by atoms with Gasteiger partial charge in [-0.2, -0.15) is 0 Å². The van der Waals surface area contributed by atoms with E-state index in [4.69, 9.17) is 4.74 Å². The molecular weight excluding hydrogens is 234 g/mol. The number of hydrogen-bond donors (Lipinski definition) is 2. The Balaban J connectivity index is 4.61. The molecule has 1 amide bonds. The van der Waals surface area contributed by atoms with Gasteiger partial charge in [-0.25, -0.2) is 9.59 Å². The molecular formula is C13H25NO4. The number of carboxylic acids is 1. The van der Waals surface area contributed by atoms with Crippen LogP contribution in [0.15, 0.2) is 0 Å². The van der Waals surface area contributed by atoms with E-state index >= 15 is 0 Å². The van der Waals surface area contributed by atoms with Gasteiger partial charge in [-0.3, -0.25) is 0 Å². The highest BCUT2D eigenvalue weighted by Crippen LogP contribution is 2.18. The van der Waals surface area contributed by atoms with Crippen molar-refractivity contribution >= 4 is 12.1 Å². The Morgan fingerprint density at radius 2 is 1.72 bits per heavy atom. The molecule has 0 aromatic rings. The van der Waals surface area contributed by atoms with E-state index in [1.807, 2.05) is 13.8 Å². The lowest BCUT2D eigenvalue weighted by molar-refractivity contribution is -0.144. The molecule has 0 heterocycles. The summed E-state index contributed by atoms with van der Waals surface area (Å²) in [6.07, 6.45) is 0.397. The number of carbonyl (C=O) groups excluding carboxylic acids is 1. The molecule has 5 nitrogen and oxygen atoms in total. The summed E-state index contributed by atoms with van der Waals surface area (Å²) >= 11 is 0. The maximum atomic E-state index is 11.6. The van der Waals surface area contributed by atoms with Crippen LogP contribution in [0.5, 0.6) is 0 Å². The first-order valence-electron chi connectivity index (χ1n) is 6.21. The number of carboxylic acid groups (broad SMARTS) is 1. The standard InChI is InChI=1S/C13H25NO4/c1-9(2)7-8-13(6,10(15)16)14-11(17)18-12(3,4)5/h9H,7-8H2,1-6H3,(H,14,17)(H,15,16). The number of hydrogen-bond acceptors (Lipinski definition) is 3. The number of rotatable bonds is 5. The molecule has 0 saturated carbocycles. The van der Waals surface area contributed by atoms with Crippen molar-refractivity contribution < 1.29 is 19.4 Å². The smallest absolute Gasteiger partial charge is 0.408 e. The highest BCUT2D eigenvalue weighted by molar-refractivity contribution is 5.83. The number of carbonyl (C=O) groups is 2. The number of amides is 1. The Labute approximate surface area is 109 Å². The summed E-state index contributed by atoms with van der Waals surface area (Å²) in [7, 11) is 0. The number of nitrogens with one attached hydrogen (secondary N) is 1. The highest BCUT2D eigenvalue weighted by Gasteiger charge is 2.36. The first-order chi connectivity index (χ1) is 7.96. The van der Waals surface area contributed by atoms with Crippen molar-refractivity contribution in [3.8, 4) is 0 Å². The van der Waals surface area contributed by atoms with E-state index < -0.39 is 23.2 Å². The second-order valence-corrected chi connectivity index (χ2v) is 6.20. The highest BCUT2D eigenvalue weighted by atomic mass is 16.6. The summed E-state index contributed by atoms with van der Waals surface area (Å²) < 4.78 is 5.08. The van der Waals surface area contributed by atoms with Crippen LogP contribution in [0.3, 0.4) is 0 Å². The van der Waals surface area contributed by atoms with Gasteiger partial charge in [0.25, 0.3) is 0 Å². The molecule has 0 bridgehead atoms. The van der Waals surface area contributed by atoms with Gasteiger partial charge in [-0.1, -0.05) is 13.8 Å². The van der Waals surface area contributed by atoms with Crippen molar-refractivity contribution in [3.63, 3.8) is 0 Å². The van der Waals surface area contributed by atoms with Gasteiger partial charge in [0.15, 0.2) is 0 Å². The summed E-state index contributed by atoms with van der Waals surface area (Å²) in [5.41, 5.74) is -1.92. The molecule has 0 aliphatic heterocycles. The molecule has 0 saturated heterocycles. The maximum Gasteiger partial charge on any atom is 0.408 e. The van der Waals surface area contributed by atoms with Gasteiger partial charge >= 0.3 is 12.1 Å². The average Bonchev–Trinajstić information content (AvgIpc) is 2.11. The fourth-order valence-electron chi connectivity index (χ4n) is 1.33. The van der Waals surface area contributed by atoms with Crippen molar-refractivity contribution in [2.75, 3.05) is 0 Å². The Kier molecular flexibility index (Phi) is 5.64. The molecule has 0 aromatic heterocycles. The molecule has 0 aliphatic carbocycles. The summed E-state index contributed by atoms with van der Waals surface area (Å²) in [5, 5.41) is 11.7. The van der Waals surface area contributed by atoms with E-state index in [0.29, 0.717) is 12.3 Å². The normalized spacial score (nSPS) is 15.1. The zero-order valence-electron chi connectivity index (χ0n) is 12.2. The first kappa shape index (κ1) is 16.7. The molecule has 106 valence electrons. The van der Waals surface area contributed by atoms with E-state index in [1.165, 1.54) is 6.92 Å². The number of alkyl carbamates (subject to hydrolysis) is 1. The lowest BCUT2D eigenvalue weighted by Gasteiger charge is -2.29. The average molecular weight is 259 g/mol. The van der Waals surface area contributed by atoms with Crippen molar-refractivity contribution in [2.24, 2.45) is 5.92 Å². The summed E-state index contributed by atoms with van der Waals surface area (Å²) in [6.45, 7) is 10.7. The third-order valence-corrected chi connectivity index (χ3v) is 2.47. The van der Waals surface area contributed by atoms with Crippen LogP contribution in [-0.4, -0.2) is 28.3 Å². The van der Waals surface area contributed by atoms with Crippen molar-refractivity contribution in [3.05, 3.63) is 0 Å². The Hall–Kier alpha value is -1.26. The minimum absolute atomic E-state index is 0.374. The molecule has 0 radical (unpaired) electrons. The topological polar surface area (TPSA) is 75.6 Å². The van der Waals surface area contributed by atoms with E-state index in [9.17, 15) is 14.7 Å². The molecule has 0 fully saturated rings. The van der Waals surface area contributed by atoms with E-state index in [-0.39, 0.29) is 0 Å². The van der Waals surface area contributed by atoms with E-state index in [2.05, 4.69) is 5.32 Å². The SMILES string of the molecule is CC(C)CCC(C)(NC(=O)OC(C)(C)C)C(=O)O. The lowest BCUT2D eigenvalue weighted by atomic mass is 9.92. The molecule has 1 atom stereocenters. The molecule has 1 unspecified atom stereocenters. The molecule has 5 heteroatoms. The third kappa shape index (κ3) is 6.47. The van der Waals surface area contributed by atoms with Crippen molar-refractivity contribution in [2.45, 2.75) is 65.5 Å². The van der Waals surface area contributed by atoms with Crippen LogP contribution in [0.25, 0.3) is 0 Å². The van der Waals surface area contributed by atoms with Gasteiger partial charge in [0.1, 0.15) is 11.1 Å². The van der Waals surface area contributed by atoms with E-state index in [0.717, 1.165) is 6.42 Å². The second-order valence-electron chi connectivity index (χ2n) is 6.20. The van der Waals surface area contributed by atoms with Crippen LogP contribution < -0.4 is 5.32 Å². The summed E-state index contributed by atoms with van der Waals surface area (Å²) in [4.78, 5) is 22.9. The van der Waals surface area contributed by atoms with Gasteiger partial charge in [-0.15, -0.1) is 0 Å². The van der Waals surface area contributed by atoms with Crippen molar-refractivity contribution in [1.82, 2.24) is 5.32 Å². The largest absolute Gasteiger partial charge is 0.480 e. The first-order valence-corrected chi connectivity index (χ1v) is 6.21. The quantitative estimate of drug-likeness (QED) is 0.796. The summed E-state index contributed by atoms with van der Waals surface area (Å²) in [6, 6.07) is 0. The van der Waals surface area contributed by atoms with Gasteiger partial charge < -0.3 is 15.2 Å². The predicted octanol–water partition coefficient (Wildman–Crippen LogP) is 2.79. The second kappa shape index (κ2) is 6.07. The zero-order chi connectivity index (χ0) is 14.6. The van der Waals surface area contributed by atoms with Gasteiger partial charge in [0.05, 0.1) is 0 Å². The Morgan fingerprint density at radius 1 is 1.22 bits per heavy atom. The number of ether oxygens (including phenoxy) is 1. The van der Waals surface area contributed by atoms with Gasteiger partial charge in [0, 0.05) is 0 Å². The fraction of sp³-hybridized carbons (Fsp3) is 0.846. The van der Waals surface area contributed by atoms with Crippen LogP contribution in [0, 0.1) is 5.92 Å². The number of aliphatic carboxylic acids is 1. The van der Waals surface area contributed by atoms with Crippen molar-refractivity contribution in [1.29, 1.82) is 0 Å². The monoisotopic (exact) mass is 259 g/mol. The fourth-order valence-corrected chi connectivity index (χ4v) is 1.33. The summed E-state index contributed by atoms with van der Waals surface area (Å²) in [5.74, 6) is -0.668. The van der Waals surface area contributed by atoms with Gasteiger partial charge in [0.2, 0.25) is 0 Å². The Morgan fingerprint density at radius 3 is 2.06 bits per heavy atom. The van der Waals surface area contributed by atoms with Crippen LogP contribution in [0.2, 0.25) is 0 Å². The molecule has 18 heavy (non-hydrogen) atoms. The molecule has 0 aliphatic rings. The van der Waals surface area contributed by atoms with Crippen LogP contribution in [-0.2, 0) is 9.53 Å². The molecule has 0 rings (SSSR count). The van der Waals surface area contributed by atoms with Crippen LogP contribution in [0.4, 0.5) is 4.79 Å². The van der Waals surface area contributed by atoms with Gasteiger partial charge in [-0.05, 0) is 46.5 Å². The molecule has 0 spiro atoms.